The van der Waals surface area contributed by atoms with Gasteiger partial charge in [0, 0.05) is 30.4 Å². The summed E-state index contributed by atoms with van der Waals surface area (Å²) in [7, 11) is 3.17. The van der Waals surface area contributed by atoms with Gasteiger partial charge in [0.1, 0.15) is 11.6 Å². The molecule has 1 saturated carbocycles. The number of methoxy groups -OCH3 is 2. The number of benzene rings is 2. The number of amides is 2. The molecule has 0 N–H and O–H groups in total. The van der Waals surface area contributed by atoms with Crippen molar-refractivity contribution in [2.75, 3.05) is 38.8 Å². The standard InChI is InChI=1S/C26H33FN2O4/c1-18-14-19(18)6-4-13-33-25-16-22(8-10-24(25)32-3)29-12-5-11-28(26(29)30)17-20-15-21(27)7-9-23(20)31-2/h7-10,15-16,18-19H,4-6,11-14,17H2,1-3H3/t18-,19-/m0/s1. The Bertz CT molecular complexity index is 983. The molecule has 7 heteroatoms. The number of halogens is 1. The van der Waals surface area contributed by atoms with Crippen LogP contribution in [-0.4, -0.2) is 44.8 Å². The Morgan fingerprint density at radius 1 is 1.03 bits per heavy atom. The van der Waals surface area contributed by atoms with Gasteiger partial charge in [-0.25, -0.2) is 9.18 Å². The maximum Gasteiger partial charge on any atom is 0.324 e. The number of hydrogen-bond acceptors (Lipinski definition) is 4. The number of urea groups is 1. The molecule has 4 rings (SSSR count). The third-order valence-electron chi connectivity index (χ3n) is 6.63. The van der Waals surface area contributed by atoms with Crippen LogP contribution in [0.1, 0.15) is 38.2 Å². The predicted molar refractivity (Wildman–Crippen MR) is 126 cm³/mol. The van der Waals surface area contributed by atoms with Gasteiger partial charge < -0.3 is 19.1 Å². The van der Waals surface area contributed by atoms with Gasteiger partial charge in [-0.2, -0.15) is 0 Å². The quantitative estimate of drug-likeness (QED) is 0.444. The molecule has 33 heavy (non-hydrogen) atoms. The Kier molecular flexibility index (Phi) is 7.26. The van der Waals surface area contributed by atoms with Crippen LogP contribution in [0.3, 0.4) is 0 Å². The molecular weight excluding hydrogens is 423 g/mol. The summed E-state index contributed by atoms with van der Waals surface area (Å²) in [5.41, 5.74) is 1.42. The summed E-state index contributed by atoms with van der Waals surface area (Å²) in [6.07, 6.45) is 4.33. The molecule has 0 unspecified atom stereocenters. The lowest BCUT2D eigenvalue weighted by atomic mass is 10.1. The van der Waals surface area contributed by atoms with Gasteiger partial charge >= 0.3 is 6.03 Å². The van der Waals surface area contributed by atoms with Crippen LogP contribution < -0.4 is 19.1 Å². The van der Waals surface area contributed by atoms with E-state index >= 15 is 0 Å². The highest BCUT2D eigenvalue weighted by molar-refractivity contribution is 5.93. The van der Waals surface area contributed by atoms with Crippen molar-refractivity contribution >= 4 is 11.7 Å². The molecule has 0 bridgehead atoms. The Hall–Kier alpha value is -2.96. The van der Waals surface area contributed by atoms with Crippen molar-refractivity contribution in [3.63, 3.8) is 0 Å². The van der Waals surface area contributed by atoms with Crippen LogP contribution in [-0.2, 0) is 6.54 Å². The number of ether oxygens (including phenoxy) is 3. The van der Waals surface area contributed by atoms with E-state index in [0.29, 0.717) is 42.5 Å². The SMILES string of the molecule is COc1ccc(F)cc1CN1CCCN(c2ccc(OC)c(OCCC[C@H]3C[C@@H]3C)c2)C1=O. The average Bonchev–Trinajstić information content (AvgIpc) is 3.53. The molecule has 1 saturated heterocycles. The van der Waals surface area contributed by atoms with Crippen LogP contribution in [0, 0.1) is 17.7 Å². The Morgan fingerprint density at radius 3 is 2.52 bits per heavy atom. The summed E-state index contributed by atoms with van der Waals surface area (Å²) >= 11 is 0. The van der Waals surface area contributed by atoms with Crippen molar-refractivity contribution in [3.05, 3.63) is 47.8 Å². The van der Waals surface area contributed by atoms with Crippen molar-refractivity contribution in [1.29, 1.82) is 0 Å². The third-order valence-corrected chi connectivity index (χ3v) is 6.63. The van der Waals surface area contributed by atoms with E-state index in [-0.39, 0.29) is 18.4 Å². The van der Waals surface area contributed by atoms with Gasteiger partial charge in [-0.05, 0) is 67.9 Å². The number of carbonyl (C=O) groups is 1. The zero-order valence-electron chi connectivity index (χ0n) is 19.7. The number of hydrogen-bond donors (Lipinski definition) is 0. The maximum atomic E-state index is 13.8. The molecule has 1 aliphatic carbocycles. The van der Waals surface area contributed by atoms with E-state index in [9.17, 15) is 9.18 Å². The minimum atomic E-state index is -0.347. The van der Waals surface area contributed by atoms with Gasteiger partial charge in [-0.3, -0.25) is 4.90 Å². The summed E-state index contributed by atoms with van der Waals surface area (Å²) in [4.78, 5) is 16.8. The number of anilines is 1. The summed E-state index contributed by atoms with van der Waals surface area (Å²) in [5, 5.41) is 0. The number of nitrogens with zero attached hydrogens (tertiary/aromatic N) is 2. The fraction of sp³-hybridized carbons (Fsp3) is 0.500. The summed E-state index contributed by atoms with van der Waals surface area (Å²) in [6.45, 7) is 4.42. The second-order valence-electron chi connectivity index (χ2n) is 8.96. The molecule has 6 nitrogen and oxygen atoms in total. The van der Waals surface area contributed by atoms with Gasteiger partial charge in [-0.15, -0.1) is 0 Å². The molecular formula is C26H33FN2O4. The van der Waals surface area contributed by atoms with E-state index in [1.165, 1.54) is 25.0 Å². The molecule has 2 aromatic carbocycles. The molecule has 2 aromatic rings. The number of carbonyl (C=O) groups excluding carboxylic acids is 1. The van der Waals surface area contributed by atoms with Crippen molar-refractivity contribution in [2.24, 2.45) is 11.8 Å². The smallest absolute Gasteiger partial charge is 0.324 e. The minimum absolute atomic E-state index is 0.119. The molecule has 2 atom stereocenters. The number of rotatable bonds is 10. The molecule has 0 spiro atoms. The van der Waals surface area contributed by atoms with Gasteiger partial charge in [0.15, 0.2) is 11.5 Å². The van der Waals surface area contributed by atoms with Crippen LogP contribution in [0.25, 0.3) is 0 Å². The highest BCUT2D eigenvalue weighted by Gasteiger charge is 2.31. The van der Waals surface area contributed by atoms with E-state index in [0.717, 1.165) is 30.4 Å². The van der Waals surface area contributed by atoms with Crippen LogP contribution in [0.5, 0.6) is 17.2 Å². The maximum absolute atomic E-state index is 13.8. The molecule has 178 valence electrons. The van der Waals surface area contributed by atoms with Gasteiger partial charge in [0.05, 0.1) is 27.4 Å². The molecule has 2 aliphatic rings. The van der Waals surface area contributed by atoms with Crippen molar-refractivity contribution in [3.8, 4) is 17.2 Å². The van der Waals surface area contributed by atoms with E-state index in [2.05, 4.69) is 6.92 Å². The highest BCUT2D eigenvalue weighted by Crippen LogP contribution is 2.41. The lowest BCUT2D eigenvalue weighted by Gasteiger charge is -2.36. The summed E-state index contributed by atoms with van der Waals surface area (Å²) in [6, 6.07) is 9.85. The first-order chi connectivity index (χ1) is 16.0. The zero-order chi connectivity index (χ0) is 23.4. The van der Waals surface area contributed by atoms with Gasteiger partial charge in [-0.1, -0.05) is 6.92 Å². The minimum Gasteiger partial charge on any atom is -0.496 e. The van der Waals surface area contributed by atoms with Gasteiger partial charge in [0.2, 0.25) is 0 Å². The van der Waals surface area contributed by atoms with Crippen LogP contribution in [0.4, 0.5) is 14.9 Å². The fourth-order valence-electron chi connectivity index (χ4n) is 4.52. The Labute approximate surface area is 195 Å². The zero-order valence-corrected chi connectivity index (χ0v) is 19.7. The van der Waals surface area contributed by atoms with Crippen LogP contribution in [0.2, 0.25) is 0 Å². The Balaban J connectivity index is 1.45. The molecule has 2 amide bonds. The second-order valence-corrected chi connectivity index (χ2v) is 8.96. The second kappa shape index (κ2) is 10.3. The molecule has 2 fully saturated rings. The Morgan fingerprint density at radius 2 is 1.79 bits per heavy atom. The van der Waals surface area contributed by atoms with Crippen molar-refractivity contribution in [2.45, 2.75) is 39.2 Å². The largest absolute Gasteiger partial charge is 0.496 e. The lowest BCUT2D eigenvalue weighted by Crippen LogP contribution is -2.49. The molecule has 1 heterocycles. The first-order valence-corrected chi connectivity index (χ1v) is 11.7. The lowest BCUT2D eigenvalue weighted by molar-refractivity contribution is 0.191. The van der Waals surface area contributed by atoms with E-state index in [1.54, 1.807) is 30.1 Å². The first-order valence-electron chi connectivity index (χ1n) is 11.7. The van der Waals surface area contributed by atoms with E-state index in [1.807, 2.05) is 18.2 Å². The molecule has 0 radical (unpaired) electrons. The highest BCUT2D eigenvalue weighted by atomic mass is 19.1. The molecule has 0 aromatic heterocycles. The van der Waals surface area contributed by atoms with Crippen molar-refractivity contribution < 1.29 is 23.4 Å². The topological polar surface area (TPSA) is 51.2 Å². The van der Waals surface area contributed by atoms with Crippen molar-refractivity contribution in [1.82, 2.24) is 4.90 Å². The fourth-order valence-corrected chi connectivity index (χ4v) is 4.52. The molecule has 1 aliphatic heterocycles. The monoisotopic (exact) mass is 456 g/mol. The van der Waals surface area contributed by atoms with E-state index in [4.69, 9.17) is 14.2 Å². The summed E-state index contributed by atoms with van der Waals surface area (Å²) in [5.74, 6) is 3.22. The van der Waals surface area contributed by atoms with Crippen LogP contribution in [0.15, 0.2) is 36.4 Å². The average molecular weight is 457 g/mol. The normalized spacial score (nSPS) is 20.1. The van der Waals surface area contributed by atoms with Crippen LogP contribution >= 0.6 is 0 Å². The summed E-state index contributed by atoms with van der Waals surface area (Å²) < 4.78 is 30.7. The first kappa shape index (κ1) is 23.2. The predicted octanol–water partition coefficient (Wildman–Crippen LogP) is 5.49. The van der Waals surface area contributed by atoms with Gasteiger partial charge in [0.25, 0.3) is 0 Å². The third kappa shape index (κ3) is 5.52. The van der Waals surface area contributed by atoms with E-state index < -0.39 is 0 Å².